The number of rotatable bonds is 21. The predicted molar refractivity (Wildman–Crippen MR) is 337 cm³/mol. The Labute approximate surface area is 476 Å². The first-order valence-electron chi connectivity index (χ1n) is 29.5. The van der Waals surface area contributed by atoms with Crippen LogP contribution in [0.4, 0.5) is 0 Å². The molecule has 4 aliphatic carbocycles. The summed E-state index contributed by atoms with van der Waals surface area (Å²) in [6, 6.07) is 15.8. The van der Waals surface area contributed by atoms with Crippen molar-refractivity contribution in [2.24, 2.45) is 0 Å². The van der Waals surface area contributed by atoms with Gasteiger partial charge in [-0.2, -0.15) is 17.5 Å². The number of aryl methyl sites for hydroxylation is 2. The van der Waals surface area contributed by atoms with Crippen molar-refractivity contribution in [1.82, 2.24) is 17.5 Å². The summed E-state index contributed by atoms with van der Waals surface area (Å²) >= 11 is 11.0. The molecule has 4 aliphatic rings. The van der Waals surface area contributed by atoms with Gasteiger partial charge in [0, 0.05) is 67.3 Å². The molecule has 6 heterocycles. The summed E-state index contributed by atoms with van der Waals surface area (Å²) in [5.74, 6) is 0. The van der Waals surface area contributed by atoms with Crippen molar-refractivity contribution in [3.05, 3.63) is 90.0 Å². The van der Waals surface area contributed by atoms with Crippen molar-refractivity contribution >= 4 is 121 Å². The molecule has 0 saturated heterocycles. The average molecular weight is 1120 g/mol. The fraction of sp³-hybridized carbons (Fsp3) is 0.515. The molecule has 0 spiro atoms. The predicted octanol–water partition coefficient (Wildman–Crippen LogP) is 22.4. The summed E-state index contributed by atoms with van der Waals surface area (Å²) in [6.45, 7) is 24.1. The van der Waals surface area contributed by atoms with Gasteiger partial charge in [0.1, 0.15) is 22.1 Å². The third kappa shape index (κ3) is 7.51. The van der Waals surface area contributed by atoms with Crippen LogP contribution in [0.1, 0.15) is 237 Å². The van der Waals surface area contributed by atoms with E-state index in [9.17, 15) is 0 Å². The van der Waals surface area contributed by atoms with E-state index in [0.29, 0.717) is 0 Å². The fourth-order valence-corrected chi connectivity index (χ4v) is 23.0. The zero-order valence-electron chi connectivity index (χ0n) is 46.8. The molecule has 0 atom stereocenters. The Morgan fingerprint density at radius 3 is 1.33 bits per heavy atom. The highest BCUT2D eigenvalue weighted by atomic mass is 32.1. The molecule has 396 valence electrons. The third-order valence-electron chi connectivity index (χ3n) is 19.2. The van der Waals surface area contributed by atoms with Gasteiger partial charge < -0.3 is 0 Å². The second-order valence-electron chi connectivity index (χ2n) is 24.7. The molecule has 10 heteroatoms. The summed E-state index contributed by atoms with van der Waals surface area (Å²) in [5, 5.41) is 0. The van der Waals surface area contributed by atoms with Crippen molar-refractivity contribution in [3.8, 4) is 32.7 Å². The van der Waals surface area contributed by atoms with Crippen molar-refractivity contribution in [2.45, 2.75) is 219 Å². The first kappa shape index (κ1) is 51.8. The molecule has 0 amide bonds. The smallest absolute Gasteiger partial charge is 0.114 e. The zero-order valence-corrected chi connectivity index (χ0v) is 51.7. The summed E-state index contributed by atoms with van der Waals surface area (Å²) in [7, 11) is 0. The average Bonchev–Trinajstić information content (AvgIpc) is 4.34. The quantitative estimate of drug-likeness (QED) is 0.0673. The van der Waals surface area contributed by atoms with Crippen LogP contribution in [0.2, 0.25) is 0 Å². The van der Waals surface area contributed by atoms with E-state index in [1.54, 1.807) is 38.3 Å². The van der Waals surface area contributed by atoms with Crippen LogP contribution in [0, 0.1) is 13.8 Å². The number of hydrogen-bond acceptors (Lipinski definition) is 10. The van der Waals surface area contributed by atoms with Crippen molar-refractivity contribution in [1.29, 1.82) is 0 Å². The Kier molecular flexibility index (Phi) is 13.3. The maximum absolute atomic E-state index is 5.45. The number of unbranched alkanes of at least 4 members (excludes halogenated alkanes) is 12. The van der Waals surface area contributed by atoms with Gasteiger partial charge in [0.05, 0.1) is 32.9 Å². The minimum Gasteiger partial charge on any atom is -0.173 e. The van der Waals surface area contributed by atoms with Crippen LogP contribution in [0.25, 0.3) is 84.7 Å². The standard InChI is InChI=1S/C66H76N4S6/c1-11-15-19-23-27-65(28-24-20-16-12-2)42-34-40-43(33-39(42)49-44(65)31-37(5)55-57(49)69-75-67-55)66(29-25-21-17-13-3,30-26-22-18-14-4)45-35-41(56-58(50(40)45)70-76-68-56)46-36-48-60(72-46)54-62(74-48)52-51(64(54,9)10)61-53(63(52,7)8)59-47(73-61)32-38(6)71-59/h31-36H,11-30H2,1-10H3. The third-order valence-corrected chi connectivity index (χ3v) is 25.1. The molecule has 13 rings (SSSR count). The molecular weight excluding hydrogens is 1040 g/mol. The van der Waals surface area contributed by atoms with E-state index in [0.717, 1.165) is 34.9 Å². The van der Waals surface area contributed by atoms with Crippen LogP contribution < -0.4 is 0 Å². The summed E-state index contributed by atoms with van der Waals surface area (Å²) in [4.78, 5) is 5.85. The lowest BCUT2D eigenvalue weighted by Gasteiger charge is -2.35. The van der Waals surface area contributed by atoms with Gasteiger partial charge in [-0.15, -0.1) is 45.3 Å². The Hall–Kier alpha value is -3.64. The van der Waals surface area contributed by atoms with E-state index in [4.69, 9.17) is 17.5 Å². The SMILES string of the molecule is CCCCCCC1(CCCCCC)c2cc3c(cc2-c2c1cc(C)c1nsnc21)C(CCCCCC)(CCCCCC)c1cc(-c2cc4sc5c(c4s2)C(C)(C)C2=C5C(C)(C)c4c2sc2cc(C)sc42)c2nsnc2c1-3. The van der Waals surface area contributed by atoms with Gasteiger partial charge in [0.15, 0.2) is 0 Å². The summed E-state index contributed by atoms with van der Waals surface area (Å²) in [6.07, 6.45) is 24.8. The molecule has 0 N–H and O–H groups in total. The van der Waals surface area contributed by atoms with Gasteiger partial charge in [-0.25, -0.2) is 0 Å². The second kappa shape index (κ2) is 19.6. The van der Waals surface area contributed by atoms with Crippen LogP contribution >= 0.6 is 68.8 Å². The van der Waals surface area contributed by atoms with Gasteiger partial charge in [0.2, 0.25) is 0 Å². The van der Waals surface area contributed by atoms with Crippen molar-refractivity contribution < 1.29 is 0 Å². The Morgan fingerprint density at radius 2 is 0.829 bits per heavy atom. The molecule has 9 aromatic rings. The van der Waals surface area contributed by atoms with Gasteiger partial charge in [0.25, 0.3) is 0 Å². The van der Waals surface area contributed by atoms with Crippen LogP contribution in [-0.2, 0) is 21.7 Å². The molecule has 0 saturated carbocycles. The van der Waals surface area contributed by atoms with E-state index < -0.39 is 0 Å². The summed E-state index contributed by atoms with van der Waals surface area (Å²) in [5.41, 5.74) is 24.9. The monoisotopic (exact) mass is 1120 g/mol. The summed E-state index contributed by atoms with van der Waals surface area (Å²) < 4.78 is 26.9. The topological polar surface area (TPSA) is 51.6 Å². The van der Waals surface area contributed by atoms with Crippen LogP contribution in [0.5, 0.6) is 0 Å². The minimum atomic E-state index is -0.134. The molecule has 4 nitrogen and oxygen atoms in total. The largest absolute Gasteiger partial charge is 0.173 e. The fourth-order valence-electron chi connectivity index (χ4n) is 15.5. The maximum atomic E-state index is 5.45. The normalized spacial score (nSPS) is 16.9. The van der Waals surface area contributed by atoms with Gasteiger partial charge in [-0.05, 0) is 131 Å². The molecule has 3 aromatic carbocycles. The Balaban J connectivity index is 1.01. The molecule has 0 unspecified atom stereocenters. The van der Waals surface area contributed by atoms with Crippen LogP contribution in [0.15, 0.2) is 36.4 Å². The van der Waals surface area contributed by atoms with Crippen LogP contribution in [0.3, 0.4) is 0 Å². The number of benzene rings is 3. The zero-order chi connectivity index (χ0) is 52.5. The lowest BCUT2D eigenvalue weighted by atomic mass is 9.68. The first-order valence-corrected chi connectivity index (χ1v) is 34.2. The van der Waals surface area contributed by atoms with Crippen LogP contribution in [-0.4, -0.2) is 17.5 Å². The first-order chi connectivity index (χ1) is 36.8. The van der Waals surface area contributed by atoms with E-state index in [1.807, 2.05) is 34.0 Å². The number of fused-ring (bicyclic) bond motifs is 18. The minimum absolute atomic E-state index is 0.0301. The molecular formula is C66H76N4S6. The Bertz CT molecular complexity index is 3750. The molecule has 0 aliphatic heterocycles. The Morgan fingerprint density at radius 1 is 0.408 bits per heavy atom. The van der Waals surface area contributed by atoms with E-state index in [1.165, 1.54) is 217 Å². The highest BCUT2D eigenvalue weighted by Crippen LogP contribution is 2.70. The number of thiophene rings is 4. The van der Waals surface area contributed by atoms with Crippen molar-refractivity contribution in [2.75, 3.05) is 0 Å². The number of nitrogens with zero attached hydrogens (tertiary/aromatic N) is 4. The molecule has 0 radical (unpaired) electrons. The van der Waals surface area contributed by atoms with Gasteiger partial charge >= 0.3 is 0 Å². The molecule has 0 bridgehead atoms. The molecule has 6 aromatic heterocycles. The van der Waals surface area contributed by atoms with E-state index >= 15 is 0 Å². The lowest BCUT2D eigenvalue weighted by Crippen LogP contribution is -2.27. The van der Waals surface area contributed by atoms with Gasteiger partial charge in [-0.1, -0.05) is 164 Å². The number of allylic oxidation sites excluding steroid dienone is 2. The number of hydrogen-bond donors (Lipinski definition) is 0. The maximum Gasteiger partial charge on any atom is 0.114 e. The van der Waals surface area contributed by atoms with E-state index in [2.05, 4.69) is 117 Å². The molecule has 76 heavy (non-hydrogen) atoms. The molecule has 0 fully saturated rings. The van der Waals surface area contributed by atoms with Gasteiger partial charge in [-0.3, -0.25) is 0 Å². The number of aromatic nitrogens is 4. The van der Waals surface area contributed by atoms with E-state index in [-0.39, 0.29) is 21.7 Å². The lowest BCUT2D eigenvalue weighted by molar-refractivity contribution is 0.397. The highest BCUT2D eigenvalue weighted by molar-refractivity contribution is 7.31. The van der Waals surface area contributed by atoms with Crippen molar-refractivity contribution in [3.63, 3.8) is 0 Å². The highest BCUT2D eigenvalue weighted by Gasteiger charge is 2.54. The second-order valence-corrected chi connectivity index (χ2v) is 30.2.